The van der Waals surface area contributed by atoms with E-state index < -0.39 is 5.82 Å². The number of halogens is 1. The van der Waals surface area contributed by atoms with Crippen LogP contribution in [0.15, 0.2) is 41.4 Å². The van der Waals surface area contributed by atoms with Crippen LogP contribution in [0.4, 0.5) is 10.1 Å². The first kappa shape index (κ1) is 17.9. The molecule has 2 aromatic rings. The van der Waals surface area contributed by atoms with Gasteiger partial charge in [-0.2, -0.15) is 0 Å². The van der Waals surface area contributed by atoms with Crippen LogP contribution < -0.4 is 11.1 Å². The van der Waals surface area contributed by atoms with Gasteiger partial charge < -0.3 is 16.2 Å². The van der Waals surface area contributed by atoms with Gasteiger partial charge in [-0.1, -0.05) is 38.1 Å². The number of aliphatic hydroxyl groups is 1. The van der Waals surface area contributed by atoms with E-state index in [0.717, 1.165) is 24.1 Å². The van der Waals surface area contributed by atoms with Gasteiger partial charge in [-0.3, -0.25) is 0 Å². The highest BCUT2D eigenvalue weighted by atomic mass is 19.1. The fraction of sp³-hybridized carbons (Fsp3) is 0.316. The molecular weight excluding hydrogens is 305 g/mol. The lowest BCUT2D eigenvalue weighted by Crippen LogP contribution is -2.24. The molecular formula is C19H24FN3O. The van der Waals surface area contributed by atoms with Crippen LogP contribution in [-0.4, -0.2) is 11.1 Å². The van der Waals surface area contributed by atoms with Crippen molar-refractivity contribution in [1.29, 1.82) is 0 Å². The summed E-state index contributed by atoms with van der Waals surface area (Å²) < 4.78 is 13.4. The smallest absolute Gasteiger partial charge is 0.193 e. The van der Waals surface area contributed by atoms with Gasteiger partial charge in [0.25, 0.3) is 0 Å². The number of hydrogen-bond acceptors (Lipinski definition) is 2. The van der Waals surface area contributed by atoms with Gasteiger partial charge >= 0.3 is 0 Å². The lowest BCUT2D eigenvalue weighted by molar-refractivity contribution is 0.275. The third-order valence-corrected chi connectivity index (χ3v) is 3.96. The summed E-state index contributed by atoms with van der Waals surface area (Å²) in [7, 11) is 0. The van der Waals surface area contributed by atoms with Gasteiger partial charge in [0.2, 0.25) is 0 Å². The van der Waals surface area contributed by atoms with E-state index in [0.29, 0.717) is 12.5 Å². The van der Waals surface area contributed by atoms with Crippen molar-refractivity contribution in [2.24, 2.45) is 10.7 Å². The Morgan fingerprint density at radius 2 is 1.79 bits per heavy atom. The molecule has 0 saturated carbocycles. The number of guanidine groups is 1. The van der Waals surface area contributed by atoms with E-state index in [-0.39, 0.29) is 12.2 Å². The van der Waals surface area contributed by atoms with Crippen LogP contribution in [0.25, 0.3) is 0 Å². The topological polar surface area (TPSA) is 70.6 Å². The number of anilines is 1. The minimum Gasteiger partial charge on any atom is -0.392 e. The highest BCUT2D eigenvalue weighted by molar-refractivity contribution is 5.93. The van der Waals surface area contributed by atoms with Gasteiger partial charge in [-0.25, -0.2) is 9.38 Å². The van der Waals surface area contributed by atoms with Crippen molar-refractivity contribution >= 4 is 11.6 Å². The number of para-hydroxylation sites is 1. The molecule has 4 N–H and O–H groups in total. The molecule has 5 heteroatoms. The van der Waals surface area contributed by atoms with E-state index in [2.05, 4.69) is 36.3 Å². The molecule has 0 radical (unpaired) electrons. The number of aliphatic imine (C=N–C) groups is 1. The average Bonchev–Trinajstić information content (AvgIpc) is 2.61. The molecule has 0 fully saturated rings. The number of aliphatic hydroxyl groups excluding tert-OH is 1. The Kier molecular flexibility index (Phi) is 6.32. The van der Waals surface area contributed by atoms with Crippen LogP contribution in [0.5, 0.6) is 0 Å². The minimum atomic E-state index is -0.416. The van der Waals surface area contributed by atoms with E-state index >= 15 is 0 Å². The predicted molar refractivity (Wildman–Crippen MR) is 96.5 cm³/mol. The van der Waals surface area contributed by atoms with Gasteiger partial charge in [-0.05, 0) is 41.7 Å². The van der Waals surface area contributed by atoms with Crippen molar-refractivity contribution in [3.8, 4) is 0 Å². The summed E-state index contributed by atoms with van der Waals surface area (Å²) in [6, 6.07) is 10.8. The summed E-state index contributed by atoms with van der Waals surface area (Å²) in [5.74, 6) is -0.0961. The summed E-state index contributed by atoms with van der Waals surface area (Å²) in [5.41, 5.74) is 10.5. The highest BCUT2D eigenvalue weighted by Crippen LogP contribution is 2.22. The summed E-state index contributed by atoms with van der Waals surface area (Å²) >= 11 is 0. The predicted octanol–water partition coefficient (Wildman–Crippen LogP) is 3.37. The second-order valence-electron chi connectivity index (χ2n) is 5.57. The van der Waals surface area contributed by atoms with Gasteiger partial charge in [0.15, 0.2) is 5.96 Å². The van der Waals surface area contributed by atoms with Crippen molar-refractivity contribution in [2.75, 3.05) is 5.32 Å². The third-order valence-electron chi connectivity index (χ3n) is 3.96. The standard InChI is InChI=1S/C19H24FN3O/c1-3-14-6-5-7-15(4-2)18(14)23-19(21)22-11-13-8-9-17(20)16(10-13)12-24/h5-10,24H,3-4,11-12H2,1-2H3,(H3,21,22,23). The molecule has 0 heterocycles. The molecule has 4 nitrogen and oxygen atoms in total. The Labute approximate surface area is 142 Å². The minimum absolute atomic E-state index is 0.263. The first-order valence-electron chi connectivity index (χ1n) is 8.14. The van der Waals surface area contributed by atoms with Gasteiger partial charge in [0, 0.05) is 11.3 Å². The van der Waals surface area contributed by atoms with Crippen molar-refractivity contribution in [1.82, 2.24) is 0 Å². The zero-order valence-corrected chi connectivity index (χ0v) is 14.1. The molecule has 2 aromatic carbocycles. The molecule has 128 valence electrons. The Morgan fingerprint density at radius 1 is 1.12 bits per heavy atom. The number of rotatable bonds is 6. The quantitative estimate of drug-likeness (QED) is 0.562. The summed E-state index contributed by atoms with van der Waals surface area (Å²) in [5, 5.41) is 12.3. The van der Waals surface area contributed by atoms with Crippen LogP contribution in [0.1, 0.15) is 36.1 Å². The van der Waals surface area contributed by atoms with Gasteiger partial charge in [0.1, 0.15) is 5.82 Å². The number of aryl methyl sites for hydroxylation is 2. The zero-order valence-electron chi connectivity index (χ0n) is 14.1. The van der Waals surface area contributed by atoms with Gasteiger partial charge in [-0.15, -0.1) is 0 Å². The SMILES string of the molecule is CCc1cccc(CC)c1NC(N)=NCc1ccc(F)c(CO)c1. The molecule has 0 aliphatic carbocycles. The Bertz CT molecular complexity index is 706. The number of nitrogens with two attached hydrogens (primary N) is 1. The largest absolute Gasteiger partial charge is 0.392 e. The van der Waals surface area contributed by atoms with Crippen molar-refractivity contribution in [2.45, 2.75) is 39.8 Å². The van der Waals surface area contributed by atoms with E-state index in [1.807, 2.05) is 6.07 Å². The molecule has 0 atom stereocenters. The first-order chi connectivity index (χ1) is 11.6. The summed E-state index contributed by atoms with van der Waals surface area (Å²) in [4.78, 5) is 4.32. The maximum Gasteiger partial charge on any atom is 0.193 e. The zero-order chi connectivity index (χ0) is 17.5. The normalized spacial score (nSPS) is 11.6. The van der Waals surface area contributed by atoms with E-state index in [1.54, 1.807) is 12.1 Å². The Balaban J connectivity index is 2.15. The fourth-order valence-corrected chi connectivity index (χ4v) is 2.59. The number of hydrogen-bond donors (Lipinski definition) is 3. The van der Waals surface area contributed by atoms with Crippen LogP contribution in [0, 0.1) is 5.82 Å². The highest BCUT2D eigenvalue weighted by Gasteiger charge is 2.07. The van der Waals surface area contributed by atoms with E-state index in [1.165, 1.54) is 17.2 Å². The van der Waals surface area contributed by atoms with Crippen LogP contribution >= 0.6 is 0 Å². The number of benzene rings is 2. The molecule has 0 bridgehead atoms. The lowest BCUT2D eigenvalue weighted by Gasteiger charge is -2.15. The maximum absolute atomic E-state index is 13.4. The summed E-state index contributed by atoms with van der Waals surface area (Å²) in [6.45, 7) is 4.19. The Hall–Kier alpha value is -2.40. The molecule has 0 spiro atoms. The second kappa shape index (κ2) is 8.45. The van der Waals surface area contributed by atoms with Crippen LogP contribution in [0.3, 0.4) is 0 Å². The van der Waals surface area contributed by atoms with Crippen LogP contribution in [0.2, 0.25) is 0 Å². The fourth-order valence-electron chi connectivity index (χ4n) is 2.59. The molecule has 2 rings (SSSR count). The van der Waals surface area contributed by atoms with Crippen LogP contribution in [-0.2, 0) is 26.0 Å². The van der Waals surface area contributed by atoms with E-state index in [4.69, 9.17) is 10.8 Å². The molecule has 0 aliphatic rings. The second-order valence-corrected chi connectivity index (χ2v) is 5.57. The molecule has 0 aromatic heterocycles. The molecule has 0 unspecified atom stereocenters. The Morgan fingerprint density at radius 3 is 2.38 bits per heavy atom. The lowest BCUT2D eigenvalue weighted by atomic mass is 10.0. The summed E-state index contributed by atoms with van der Waals surface area (Å²) in [6.07, 6.45) is 1.81. The molecule has 0 saturated heterocycles. The third kappa shape index (κ3) is 4.32. The van der Waals surface area contributed by atoms with Crippen molar-refractivity contribution in [3.63, 3.8) is 0 Å². The van der Waals surface area contributed by atoms with Crippen molar-refractivity contribution in [3.05, 3.63) is 64.5 Å². The van der Waals surface area contributed by atoms with Gasteiger partial charge in [0.05, 0.1) is 13.2 Å². The average molecular weight is 329 g/mol. The van der Waals surface area contributed by atoms with Crippen molar-refractivity contribution < 1.29 is 9.50 Å². The molecule has 0 amide bonds. The number of nitrogens with zero attached hydrogens (tertiary/aromatic N) is 1. The maximum atomic E-state index is 13.4. The first-order valence-corrected chi connectivity index (χ1v) is 8.14. The molecule has 0 aliphatic heterocycles. The number of nitrogens with one attached hydrogen (secondary N) is 1. The molecule has 24 heavy (non-hydrogen) atoms. The monoisotopic (exact) mass is 329 g/mol. The van der Waals surface area contributed by atoms with E-state index in [9.17, 15) is 4.39 Å².